The summed E-state index contributed by atoms with van der Waals surface area (Å²) in [6, 6.07) is 0.722. The van der Waals surface area contributed by atoms with Crippen molar-refractivity contribution < 1.29 is 4.79 Å². The molecule has 1 rings (SSSR count). The highest BCUT2D eigenvalue weighted by Crippen LogP contribution is 2.15. The van der Waals surface area contributed by atoms with Crippen molar-refractivity contribution in [1.82, 2.24) is 10.2 Å². The molecule has 1 aliphatic rings. The smallest absolute Gasteiger partial charge is 0.226 e. The first-order valence-corrected chi connectivity index (χ1v) is 7.00. The number of halogens is 1. The maximum Gasteiger partial charge on any atom is 0.226 e. The topological polar surface area (TPSA) is 32.3 Å². The Morgan fingerprint density at radius 1 is 1.56 bits per heavy atom. The fourth-order valence-electron chi connectivity index (χ4n) is 1.97. The van der Waals surface area contributed by atoms with Crippen molar-refractivity contribution in [1.29, 1.82) is 0 Å². The monoisotopic (exact) mass is 266 g/mol. The Morgan fingerprint density at radius 2 is 2.19 bits per heavy atom. The van der Waals surface area contributed by atoms with Crippen LogP contribution in [0.15, 0.2) is 0 Å². The summed E-state index contributed by atoms with van der Waals surface area (Å²) in [6.45, 7) is 8.06. The minimum absolute atomic E-state index is 0. The lowest BCUT2D eigenvalue weighted by atomic mass is 10.0. The van der Waals surface area contributed by atoms with E-state index in [1.807, 2.05) is 18.1 Å². The van der Waals surface area contributed by atoms with E-state index in [0.717, 1.165) is 18.8 Å². The summed E-state index contributed by atoms with van der Waals surface area (Å²) in [6.07, 6.45) is 2.05. The Hall–Kier alpha value is 0.0700. The normalized spacial score (nSPS) is 27.1. The van der Waals surface area contributed by atoms with Crippen molar-refractivity contribution in [3.8, 4) is 0 Å². The van der Waals surface area contributed by atoms with E-state index in [-0.39, 0.29) is 18.3 Å². The van der Waals surface area contributed by atoms with E-state index in [1.165, 1.54) is 0 Å². The molecule has 3 unspecified atom stereocenters. The predicted octanol–water partition coefficient (Wildman–Crippen LogP) is 1.62. The fraction of sp³-hybridized carbons (Fsp3) is 0.909. The molecule has 0 aliphatic carbocycles. The number of thioether (sulfide) groups is 1. The molecule has 1 heterocycles. The van der Waals surface area contributed by atoms with Gasteiger partial charge in [-0.05, 0) is 20.1 Å². The summed E-state index contributed by atoms with van der Waals surface area (Å²) in [4.78, 5) is 14.2. The number of hydrogen-bond acceptors (Lipinski definition) is 3. The Morgan fingerprint density at radius 3 is 2.75 bits per heavy atom. The number of hydrogen-bond donors (Lipinski definition) is 1. The zero-order chi connectivity index (χ0) is 11.4. The van der Waals surface area contributed by atoms with Crippen LogP contribution >= 0.6 is 24.2 Å². The number of amides is 1. The molecule has 1 aliphatic heterocycles. The Kier molecular flexibility index (Phi) is 7.44. The van der Waals surface area contributed by atoms with Gasteiger partial charge in [-0.1, -0.05) is 6.92 Å². The average molecular weight is 267 g/mol. The second-order valence-corrected chi connectivity index (χ2v) is 5.28. The molecule has 3 nitrogen and oxygen atoms in total. The van der Waals surface area contributed by atoms with Crippen molar-refractivity contribution in [2.45, 2.75) is 32.9 Å². The Bertz CT molecular complexity index is 228. The second kappa shape index (κ2) is 7.41. The van der Waals surface area contributed by atoms with Crippen LogP contribution in [0.25, 0.3) is 0 Å². The van der Waals surface area contributed by atoms with Gasteiger partial charge in [0, 0.05) is 36.8 Å². The number of nitrogens with zero attached hydrogens (tertiary/aromatic N) is 1. The lowest BCUT2D eigenvalue weighted by molar-refractivity contribution is -0.138. The summed E-state index contributed by atoms with van der Waals surface area (Å²) in [5.41, 5.74) is 0. The van der Waals surface area contributed by atoms with Gasteiger partial charge in [-0.15, -0.1) is 12.4 Å². The third kappa shape index (κ3) is 3.82. The van der Waals surface area contributed by atoms with Crippen molar-refractivity contribution >= 4 is 30.1 Å². The van der Waals surface area contributed by atoms with Crippen molar-refractivity contribution in [3.05, 3.63) is 0 Å². The van der Waals surface area contributed by atoms with Crippen molar-refractivity contribution in [2.75, 3.05) is 25.1 Å². The van der Waals surface area contributed by atoms with E-state index < -0.39 is 0 Å². The molecule has 1 amide bonds. The minimum atomic E-state index is 0. The van der Waals surface area contributed by atoms with E-state index in [1.54, 1.807) is 11.8 Å². The minimum Gasteiger partial charge on any atom is -0.337 e. The first-order valence-electron chi connectivity index (χ1n) is 5.60. The molecule has 0 radical (unpaired) electrons. The van der Waals surface area contributed by atoms with E-state index in [0.29, 0.717) is 18.0 Å². The SMILES string of the molecule is CSCC(C)C(=O)N1CCNC(C)C1C.Cl. The second-order valence-electron chi connectivity index (χ2n) is 4.37. The highest BCUT2D eigenvalue weighted by Gasteiger charge is 2.30. The van der Waals surface area contributed by atoms with Crippen LogP contribution < -0.4 is 5.32 Å². The lowest BCUT2D eigenvalue weighted by Crippen LogP contribution is -2.58. The fourth-order valence-corrected chi connectivity index (χ4v) is 2.61. The average Bonchev–Trinajstić information content (AvgIpc) is 2.21. The van der Waals surface area contributed by atoms with Gasteiger partial charge >= 0.3 is 0 Å². The molecular formula is C11H23ClN2OS. The quantitative estimate of drug-likeness (QED) is 0.843. The van der Waals surface area contributed by atoms with Crippen molar-refractivity contribution in [2.24, 2.45) is 5.92 Å². The molecule has 0 spiro atoms. The summed E-state index contributed by atoms with van der Waals surface area (Å²) in [5.74, 6) is 1.38. The van der Waals surface area contributed by atoms with Gasteiger partial charge in [-0.25, -0.2) is 0 Å². The maximum atomic E-state index is 12.1. The molecular weight excluding hydrogens is 244 g/mol. The van der Waals surface area contributed by atoms with E-state index in [4.69, 9.17) is 0 Å². The summed E-state index contributed by atoms with van der Waals surface area (Å²) in [7, 11) is 0. The summed E-state index contributed by atoms with van der Waals surface area (Å²) >= 11 is 1.74. The third-order valence-electron chi connectivity index (χ3n) is 3.16. The number of rotatable bonds is 3. The maximum absolute atomic E-state index is 12.1. The zero-order valence-corrected chi connectivity index (χ0v) is 12.2. The molecule has 1 fully saturated rings. The molecule has 0 saturated carbocycles. The van der Waals surface area contributed by atoms with Gasteiger partial charge in [0.25, 0.3) is 0 Å². The lowest BCUT2D eigenvalue weighted by Gasteiger charge is -2.39. The van der Waals surface area contributed by atoms with Gasteiger partial charge in [0.1, 0.15) is 0 Å². The van der Waals surface area contributed by atoms with Crippen LogP contribution in [0.2, 0.25) is 0 Å². The van der Waals surface area contributed by atoms with E-state index in [2.05, 4.69) is 19.2 Å². The van der Waals surface area contributed by atoms with Crippen LogP contribution in [0.3, 0.4) is 0 Å². The highest BCUT2D eigenvalue weighted by molar-refractivity contribution is 7.98. The standard InChI is InChI=1S/C11H22N2OS.ClH/c1-8(7-15-4)11(14)13-6-5-12-9(2)10(13)3;/h8-10,12H,5-7H2,1-4H3;1H. The number of piperazine rings is 1. The Balaban J connectivity index is 0.00000225. The van der Waals surface area contributed by atoms with E-state index in [9.17, 15) is 4.79 Å². The van der Waals surface area contributed by atoms with Gasteiger partial charge < -0.3 is 10.2 Å². The van der Waals surface area contributed by atoms with Crippen LogP contribution in [0.1, 0.15) is 20.8 Å². The zero-order valence-electron chi connectivity index (χ0n) is 10.5. The van der Waals surface area contributed by atoms with Crippen LogP contribution in [-0.2, 0) is 4.79 Å². The molecule has 96 valence electrons. The predicted molar refractivity (Wildman–Crippen MR) is 73.4 cm³/mol. The van der Waals surface area contributed by atoms with Gasteiger partial charge in [0.15, 0.2) is 0 Å². The molecule has 3 atom stereocenters. The van der Waals surface area contributed by atoms with Gasteiger partial charge in [0.2, 0.25) is 5.91 Å². The van der Waals surface area contributed by atoms with Gasteiger partial charge in [-0.2, -0.15) is 11.8 Å². The molecule has 0 aromatic heterocycles. The number of carbonyl (C=O) groups is 1. The van der Waals surface area contributed by atoms with E-state index >= 15 is 0 Å². The van der Waals surface area contributed by atoms with Crippen LogP contribution in [0, 0.1) is 5.92 Å². The molecule has 16 heavy (non-hydrogen) atoms. The summed E-state index contributed by atoms with van der Waals surface area (Å²) < 4.78 is 0. The van der Waals surface area contributed by atoms with Gasteiger partial charge in [0.05, 0.1) is 0 Å². The number of nitrogens with one attached hydrogen (secondary N) is 1. The first kappa shape index (κ1) is 16.1. The summed E-state index contributed by atoms with van der Waals surface area (Å²) in [5, 5.41) is 3.39. The third-order valence-corrected chi connectivity index (χ3v) is 3.99. The molecule has 5 heteroatoms. The molecule has 1 N–H and O–H groups in total. The molecule has 0 bridgehead atoms. The Labute approximate surface area is 109 Å². The number of carbonyl (C=O) groups excluding carboxylic acids is 1. The largest absolute Gasteiger partial charge is 0.337 e. The van der Waals surface area contributed by atoms with Crippen LogP contribution in [0.4, 0.5) is 0 Å². The van der Waals surface area contributed by atoms with Gasteiger partial charge in [-0.3, -0.25) is 4.79 Å². The highest BCUT2D eigenvalue weighted by atomic mass is 35.5. The molecule has 0 aromatic rings. The van der Waals surface area contributed by atoms with Crippen LogP contribution in [0.5, 0.6) is 0 Å². The van der Waals surface area contributed by atoms with Crippen LogP contribution in [-0.4, -0.2) is 48.0 Å². The molecule has 1 saturated heterocycles. The molecule has 0 aromatic carbocycles. The van der Waals surface area contributed by atoms with Crippen molar-refractivity contribution in [3.63, 3.8) is 0 Å². The first-order chi connectivity index (χ1) is 7.07.